The average molecular weight is 644 g/mol. The van der Waals surface area contributed by atoms with Gasteiger partial charge in [-0.15, -0.1) is 10.2 Å². The number of thioether (sulfide) groups is 1. The molecule has 2 amide bonds. The fraction of sp³-hybridized carbons (Fsp3) is 0.214. The third kappa shape index (κ3) is 8.45. The van der Waals surface area contributed by atoms with Crippen LogP contribution in [-0.2, 0) is 16.2 Å². The Morgan fingerprint density at radius 2 is 1.91 bits per heavy atom. The molecule has 224 valence electrons. The number of carbonyl (C=O) groups excluding carboxylic acids is 2. The number of nitrogen functional groups attached to an aromatic ring is 1. The summed E-state index contributed by atoms with van der Waals surface area (Å²) < 4.78 is 7.62. The Kier molecular flexibility index (Phi) is 11.3. The maximum Gasteiger partial charge on any atom is 0.265 e. The number of halogens is 2. The summed E-state index contributed by atoms with van der Waals surface area (Å²) in [6.45, 7) is 3.54. The van der Waals surface area contributed by atoms with Crippen molar-refractivity contribution in [3.05, 3.63) is 99.6 Å². The highest BCUT2D eigenvalue weighted by Gasteiger charge is 2.27. The number of hydrazine groups is 1. The molecule has 0 aliphatic carbocycles. The molecule has 0 radical (unpaired) electrons. The molecule has 0 spiro atoms. The van der Waals surface area contributed by atoms with Crippen LogP contribution in [0.4, 0.5) is 0 Å². The Morgan fingerprint density at radius 1 is 1.14 bits per heavy atom. The molecular weight excluding hydrogens is 615 g/mol. The second-order valence-corrected chi connectivity index (χ2v) is 10.9. The van der Waals surface area contributed by atoms with Crippen LogP contribution in [0, 0.1) is 0 Å². The van der Waals surface area contributed by atoms with Gasteiger partial charge in [0, 0.05) is 52.5 Å². The molecule has 1 unspecified atom stereocenters. The van der Waals surface area contributed by atoms with E-state index in [1.165, 1.54) is 31.1 Å². The average Bonchev–Trinajstić information content (AvgIpc) is 3.64. The lowest BCUT2D eigenvalue weighted by Crippen LogP contribution is -2.29. The van der Waals surface area contributed by atoms with Gasteiger partial charge in [0.05, 0.1) is 5.71 Å². The lowest BCUT2D eigenvalue weighted by Gasteiger charge is -2.13. The minimum atomic E-state index is -0.311. The number of oxime groups is 1. The molecule has 3 heterocycles. The molecule has 4 aromatic rings. The lowest BCUT2D eigenvalue weighted by molar-refractivity contribution is -0.115. The van der Waals surface area contributed by atoms with E-state index in [9.17, 15) is 9.59 Å². The first kappa shape index (κ1) is 31.8. The van der Waals surface area contributed by atoms with Crippen molar-refractivity contribution in [3.8, 4) is 5.75 Å². The van der Waals surface area contributed by atoms with Gasteiger partial charge >= 0.3 is 0 Å². The number of nitrogens with two attached hydrogens (primary N) is 1. The van der Waals surface area contributed by atoms with Gasteiger partial charge in [-0.3, -0.25) is 25.4 Å². The van der Waals surface area contributed by atoms with Gasteiger partial charge in [-0.2, -0.15) is 0 Å². The first-order valence-electron chi connectivity index (χ1n) is 13.0. The van der Waals surface area contributed by atoms with Gasteiger partial charge in [0.1, 0.15) is 12.4 Å². The van der Waals surface area contributed by atoms with E-state index in [-0.39, 0.29) is 24.5 Å². The molecule has 15 heteroatoms. The summed E-state index contributed by atoms with van der Waals surface area (Å²) in [6, 6.07) is 16.0. The number of carbonyl (C=O) groups is 2. The number of para-hydroxylation sites is 1. The number of hydrogen-bond donors (Lipinski definition) is 3. The lowest BCUT2D eigenvalue weighted by atomic mass is 9.99. The number of pyridine rings is 1. The van der Waals surface area contributed by atoms with Crippen LogP contribution in [0.25, 0.3) is 0 Å². The number of amides is 2. The summed E-state index contributed by atoms with van der Waals surface area (Å²) in [6.07, 6.45) is 3.28. The fourth-order valence-electron chi connectivity index (χ4n) is 3.91. The van der Waals surface area contributed by atoms with Crippen LogP contribution in [0.3, 0.4) is 0 Å². The first-order valence-corrected chi connectivity index (χ1v) is 14.7. The van der Waals surface area contributed by atoms with Crippen molar-refractivity contribution in [2.24, 2.45) is 11.0 Å². The topological polar surface area (TPSA) is 159 Å². The predicted octanol–water partition coefficient (Wildman–Crippen LogP) is 4.92. The van der Waals surface area contributed by atoms with Crippen LogP contribution >= 0.6 is 35.0 Å². The SMILES string of the molecule is CCSc1nnc(COc2ccccc2C2=NOC(c3ccc(Cl)cc3Cl)C2)n1NC(C)=O.NNC(=O)c1ccncc1. The third-order valence-electron chi connectivity index (χ3n) is 5.85. The number of nitrogens with zero attached hydrogens (tertiary/aromatic N) is 5. The molecule has 0 saturated carbocycles. The Morgan fingerprint density at radius 3 is 2.60 bits per heavy atom. The largest absolute Gasteiger partial charge is 0.485 e. The summed E-state index contributed by atoms with van der Waals surface area (Å²) >= 11 is 13.8. The quantitative estimate of drug-likeness (QED) is 0.0997. The van der Waals surface area contributed by atoms with Crippen LogP contribution in [0.5, 0.6) is 5.75 Å². The predicted molar refractivity (Wildman–Crippen MR) is 165 cm³/mol. The second-order valence-electron chi connectivity index (χ2n) is 8.83. The van der Waals surface area contributed by atoms with E-state index in [1.807, 2.05) is 42.7 Å². The van der Waals surface area contributed by atoms with E-state index in [4.69, 9.17) is 38.6 Å². The summed E-state index contributed by atoms with van der Waals surface area (Å²) in [4.78, 5) is 31.8. The highest BCUT2D eigenvalue weighted by Crippen LogP contribution is 2.36. The number of hydrogen-bond acceptors (Lipinski definition) is 10. The Labute approximate surface area is 261 Å². The zero-order chi connectivity index (χ0) is 30.8. The molecule has 1 aliphatic rings. The number of rotatable bonds is 9. The normalized spacial score (nSPS) is 13.7. The van der Waals surface area contributed by atoms with Gasteiger partial charge in [0.15, 0.2) is 11.9 Å². The molecule has 0 fully saturated rings. The van der Waals surface area contributed by atoms with Crippen LogP contribution in [0.15, 0.2) is 77.3 Å². The summed E-state index contributed by atoms with van der Waals surface area (Å²) in [5.41, 5.74) is 7.63. The molecule has 2 aromatic heterocycles. The summed E-state index contributed by atoms with van der Waals surface area (Å²) in [5.74, 6) is 6.24. The Balaban J connectivity index is 0.000000359. The molecule has 12 nitrogen and oxygen atoms in total. The number of benzene rings is 2. The minimum absolute atomic E-state index is 0.106. The fourth-order valence-corrected chi connectivity index (χ4v) is 5.08. The maximum atomic E-state index is 11.6. The van der Waals surface area contributed by atoms with Crippen LogP contribution < -0.4 is 21.4 Å². The molecule has 1 aliphatic heterocycles. The van der Waals surface area contributed by atoms with E-state index in [0.29, 0.717) is 38.8 Å². The van der Waals surface area contributed by atoms with Gasteiger partial charge in [0.25, 0.3) is 5.91 Å². The van der Waals surface area contributed by atoms with Crippen molar-refractivity contribution < 1.29 is 19.2 Å². The molecule has 4 N–H and O–H groups in total. The van der Waals surface area contributed by atoms with E-state index >= 15 is 0 Å². The zero-order valence-corrected chi connectivity index (χ0v) is 25.5. The smallest absolute Gasteiger partial charge is 0.265 e. The highest BCUT2D eigenvalue weighted by molar-refractivity contribution is 7.99. The number of ether oxygens (including phenoxy) is 1. The van der Waals surface area contributed by atoms with Crippen molar-refractivity contribution in [1.29, 1.82) is 0 Å². The molecule has 1 atom stereocenters. The van der Waals surface area contributed by atoms with Crippen molar-refractivity contribution in [2.45, 2.75) is 38.1 Å². The molecule has 0 bridgehead atoms. The Hall–Kier alpha value is -4.17. The van der Waals surface area contributed by atoms with Gasteiger partial charge in [0.2, 0.25) is 11.1 Å². The second kappa shape index (κ2) is 15.3. The van der Waals surface area contributed by atoms with Gasteiger partial charge in [-0.25, -0.2) is 10.5 Å². The molecule has 2 aromatic carbocycles. The summed E-state index contributed by atoms with van der Waals surface area (Å²) in [5, 5.41) is 14.3. The van der Waals surface area contributed by atoms with Crippen LogP contribution in [0.2, 0.25) is 10.0 Å². The first-order chi connectivity index (χ1) is 20.8. The van der Waals surface area contributed by atoms with E-state index in [0.717, 1.165) is 22.6 Å². The summed E-state index contributed by atoms with van der Waals surface area (Å²) in [7, 11) is 0. The maximum absolute atomic E-state index is 11.6. The van der Waals surface area contributed by atoms with Gasteiger partial charge < -0.3 is 9.57 Å². The molecule has 0 saturated heterocycles. The van der Waals surface area contributed by atoms with Gasteiger partial charge in [-0.05, 0) is 42.2 Å². The monoisotopic (exact) mass is 642 g/mol. The van der Waals surface area contributed by atoms with E-state index in [1.54, 1.807) is 28.9 Å². The van der Waals surface area contributed by atoms with Crippen molar-refractivity contribution in [2.75, 3.05) is 11.2 Å². The standard InChI is InChI=1S/C22H21Cl2N5O3S.C6H7N3O/c1-3-33-22-26-25-21(29(22)27-13(2)30)12-31-19-7-5-4-6-16(19)18-11-20(32-28-18)15-9-8-14(23)10-17(15)24;7-9-6(10)5-1-3-8-4-2-5/h4-10,20H,3,11-12H2,1-2H3,(H,27,30);1-4H,7H2,(H,9,10). The zero-order valence-electron chi connectivity index (χ0n) is 23.2. The molecule has 43 heavy (non-hydrogen) atoms. The Bertz CT molecular complexity index is 1600. The van der Waals surface area contributed by atoms with Crippen molar-refractivity contribution >= 4 is 52.5 Å². The van der Waals surface area contributed by atoms with Crippen molar-refractivity contribution in [3.63, 3.8) is 0 Å². The van der Waals surface area contributed by atoms with E-state index < -0.39 is 0 Å². The van der Waals surface area contributed by atoms with Gasteiger partial charge in [-0.1, -0.05) is 65.2 Å². The van der Waals surface area contributed by atoms with Crippen LogP contribution in [0.1, 0.15) is 53.7 Å². The number of nitrogens with one attached hydrogen (secondary N) is 2. The van der Waals surface area contributed by atoms with Crippen LogP contribution in [-0.4, -0.2) is 43.1 Å². The molecular formula is C28H28Cl2N8O4S. The highest BCUT2D eigenvalue weighted by atomic mass is 35.5. The van der Waals surface area contributed by atoms with E-state index in [2.05, 4.69) is 25.8 Å². The number of aromatic nitrogens is 4. The third-order valence-corrected chi connectivity index (χ3v) is 7.22. The molecule has 5 rings (SSSR count). The van der Waals surface area contributed by atoms with Crippen molar-refractivity contribution in [1.82, 2.24) is 25.3 Å². The minimum Gasteiger partial charge on any atom is -0.485 e.